The lowest BCUT2D eigenvalue weighted by atomic mass is 10.2. The highest BCUT2D eigenvalue weighted by Crippen LogP contribution is 2.27. The standard InChI is InChI=1S/C14H13N5O/c1-7-9-10(15)11(12(16)20)18-14(9)19-13(17-7)8-5-3-2-4-6-8/h2-6H,15H2,1H3,(H2,16,20)(H,17,18,19). The fourth-order valence-electron chi connectivity index (χ4n) is 2.21. The molecule has 0 fully saturated rings. The lowest BCUT2D eigenvalue weighted by Gasteiger charge is -2.03. The number of aryl methyl sites for hydroxylation is 1. The van der Waals surface area contributed by atoms with Crippen molar-refractivity contribution in [3.05, 3.63) is 41.7 Å². The fraction of sp³-hybridized carbons (Fsp3) is 0.0714. The predicted octanol–water partition coefficient (Wildman–Crippen LogP) is 1.61. The summed E-state index contributed by atoms with van der Waals surface area (Å²) in [5.74, 6) is -0.0333. The number of aromatic nitrogens is 3. The average Bonchev–Trinajstić information content (AvgIpc) is 2.77. The molecule has 3 aromatic rings. The number of carbonyl (C=O) groups excluding carboxylic acids is 1. The molecule has 2 heterocycles. The van der Waals surface area contributed by atoms with Crippen molar-refractivity contribution in [2.45, 2.75) is 6.92 Å². The lowest BCUT2D eigenvalue weighted by Crippen LogP contribution is -2.13. The molecule has 0 aliphatic carbocycles. The van der Waals surface area contributed by atoms with Crippen LogP contribution in [0.2, 0.25) is 0 Å². The number of nitrogens with zero attached hydrogens (tertiary/aromatic N) is 2. The Labute approximate surface area is 114 Å². The van der Waals surface area contributed by atoms with Gasteiger partial charge in [-0.3, -0.25) is 4.79 Å². The lowest BCUT2D eigenvalue weighted by molar-refractivity contribution is 0.0997. The highest BCUT2D eigenvalue weighted by atomic mass is 16.1. The summed E-state index contributed by atoms with van der Waals surface area (Å²) in [6, 6.07) is 9.59. The van der Waals surface area contributed by atoms with Crippen molar-refractivity contribution >= 4 is 22.6 Å². The Morgan fingerprint density at radius 1 is 1.20 bits per heavy atom. The number of aromatic amines is 1. The third kappa shape index (κ3) is 1.78. The maximum atomic E-state index is 11.3. The van der Waals surface area contributed by atoms with E-state index in [1.54, 1.807) is 0 Å². The van der Waals surface area contributed by atoms with E-state index in [2.05, 4.69) is 15.0 Å². The number of anilines is 1. The molecular formula is C14H13N5O. The van der Waals surface area contributed by atoms with Crippen LogP contribution >= 0.6 is 0 Å². The van der Waals surface area contributed by atoms with Crippen LogP contribution in [-0.2, 0) is 0 Å². The number of carbonyl (C=O) groups is 1. The number of nitrogens with one attached hydrogen (secondary N) is 1. The molecule has 0 aliphatic rings. The molecule has 1 aromatic carbocycles. The van der Waals surface area contributed by atoms with E-state index in [1.807, 2.05) is 37.3 Å². The number of primary amides is 1. The third-order valence-electron chi connectivity index (χ3n) is 3.15. The number of hydrogen-bond donors (Lipinski definition) is 3. The van der Waals surface area contributed by atoms with Crippen LogP contribution in [0.25, 0.3) is 22.4 Å². The average molecular weight is 267 g/mol. The van der Waals surface area contributed by atoms with Gasteiger partial charge in [-0.05, 0) is 6.92 Å². The maximum Gasteiger partial charge on any atom is 0.267 e. The van der Waals surface area contributed by atoms with E-state index >= 15 is 0 Å². The highest BCUT2D eigenvalue weighted by molar-refractivity contribution is 6.06. The van der Waals surface area contributed by atoms with E-state index in [0.717, 1.165) is 5.56 Å². The van der Waals surface area contributed by atoms with Crippen LogP contribution in [0.5, 0.6) is 0 Å². The Morgan fingerprint density at radius 3 is 2.55 bits per heavy atom. The van der Waals surface area contributed by atoms with Gasteiger partial charge in [-0.2, -0.15) is 0 Å². The molecular weight excluding hydrogens is 254 g/mol. The Morgan fingerprint density at radius 2 is 1.90 bits per heavy atom. The first-order chi connectivity index (χ1) is 9.58. The van der Waals surface area contributed by atoms with Gasteiger partial charge in [0.25, 0.3) is 5.91 Å². The summed E-state index contributed by atoms with van der Waals surface area (Å²) in [5.41, 5.74) is 13.8. The van der Waals surface area contributed by atoms with Gasteiger partial charge < -0.3 is 16.5 Å². The number of nitrogens with two attached hydrogens (primary N) is 2. The van der Waals surface area contributed by atoms with Crippen molar-refractivity contribution in [2.75, 3.05) is 5.73 Å². The minimum Gasteiger partial charge on any atom is -0.396 e. The van der Waals surface area contributed by atoms with E-state index in [1.165, 1.54) is 0 Å². The SMILES string of the molecule is Cc1nc(-c2ccccc2)nc2[nH]c(C(N)=O)c(N)c12. The van der Waals surface area contributed by atoms with Crippen LogP contribution in [0, 0.1) is 6.92 Å². The molecule has 0 aliphatic heterocycles. The zero-order valence-electron chi connectivity index (χ0n) is 10.8. The Balaban J connectivity index is 2.28. The molecule has 0 atom stereocenters. The molecule has 5 N–H and O–H groups in total. The smallest absolute Gasteiger partial charge is 0.267 e. The normalized spacial score (nSPS) is 10.8. The van der Waals surface area contributed by atoms with Gasteiger partial charge in [0.15, 0.2) is 5.82 Å². The molecule has 2 aromatic heterocycles. The molecule has 0 unspecified atom stereocenters. The molecule has 6 heteroatoms. The second-order valence-corrected chi connectivity index (χ2v) is 4.50. The Bertz CT molecular complexity index is 807. The van der Waals surface area contributed by atoms with Crippen molar-refractivity contribution in [3.8, 4) is 11.4 Å². The van der Waals surface area contributed by atoms with Gasteiger partial charge in [-0.1, -0.05) is 30.3 Å². The van der Waals surface area contributed by atoms with Gasteiger partial charge in [0, 0.05) is 5.56 Å². The zero-order chi connectivity index (χ0) is 14.3. The summed E-state index contributed by atoms with van der Waals surface area (Å²) in [6.07, 6.45) is 0. The molecule has 1 amide bonds. The van der Waals surface area contributed by atoms with E-state index in [9.17, 15) is 4.79 Å². The van der Waals surface area contributed by atoms with Crippen molar-refractivity contribution in [3.63, 3.8) is 0 Å². The maximum absolute atomic E-state index is 11.3. The van der Waals surface area contributed by atoms with Crippen molar-refractivity contribution in [2.24, 2.45) is 5.73 Å². The number of fused-ring (bicyclic) bond motifs is 1. The number of H-pyrrole nitrogens is 1. The first-order valence-corrected chi connectivity index (χ1v) is 6.09. The number of benzene rings is 1. The summed E-state index contributed by atoms with van der Waals surface area (Å²) in [7, 11) is 0. The highest BCUT2D eigenvalue weighted by Gasteiger charge is 2.17. The molecule has 6 nitrogen and oxygen atoms in total. The van der Waals surface area contributed by atoms with Crippen LogP contribution < -0.4 is 11.5 Å². The van der Waals surface area contributed by atoms with Crippen molar-refractivity contribution < 1.29 is 4.79 Å². The van der Waals surface area contributed by atoms with E-state index in [-0.39, 0.29) is 5.69 Å². The molecule has 0 saturated carbocycles. The van der Waals surface area contributed by atoms with Crippen LogP contribution in [0.15, 0.2) is 30.3 Å². The first-order valence-electron chi connectivity index (χ1n) is 6.09. The van der Waals surface area contributed by atoms with Crippen molar-refractivity contribution in [1.82, 2.24) is 15.0 Å². The summed E-state index contributed by atoms with van der Waals surface area (Å²) < 4.78 is 0. The number of amides is 1. The quantitative estimate of drug-likeness (QED) is 0.655. The van der Waals surface area contributed by atoms with E-state index in [4.69, 9.17) is 11.5 Å². The van der Waals surface area contributed by atoms with Crippen LogP contribution in [0.3, 0.4) is 0 Å². The van der Waals surface area contributed by atoms with Crippen LogP contribution in [0.1, 0.15) is 16.2 Å². The minimum atomic E-state index is -0.610. The zero-order valence-corrected chi connectivity index (χ0v) is 10.8. The van der Waals surface area contributed by atoms with E-state index < -0.39 is 5.91 Å². The molecule has 0 saturated heterocycles. The van der Waals surface area contributed by atoms with Gasteiger partial charge in [-0.25, -0.2) is 9.97 Å². The largest absolute Gasteiger partial charge is 0.396 e. The minimum absolute atomic E-state index is 0.169. The van der Waals surface area contributed by atoms with Crippen molar-refractivity contribution in [1.29, 1.82) is 0 Å². The van der Waals surface area contributed by atoms with Crippen LogP contribution in [0.4, 0.5) is 5.69 Å². The molecule has 100 valence electrons. The van der Waals surface area contributed by atoms with Crippen LogP contribution in [-0.4, -0.2) is 20.9 Å². The Hall–Kier alpha value is -2.89. The summed E-state index contributed by atoms with van der Waals surface area (Å²) in [5, 5.41) is 0.637. The second-order valence-electron chi connectivity index (χ2n) is 4.50. The molecule has 0 spiro atoms. The molecule has 3 rings (SSSR count). The summed E-state index contributed by atoms with van der Waals surface area (Å²) in [6.45, 7) is 1.82. The summed E-state index contributed by atoms with van der Waals surface area (Å²) in [4.78, 5) is 23.0. The molecule has 0 bridgehead atoms. The second kappa shape index (κ2) is 4.34. The predicted molar refractivity (Wildman–Crippen MR) is 77.0 cm³/mol. The van der Waals surface area contributed by atoms with Gasteiger partial charge in [0.2, 0.25) is 0 Å². The fourth-order valence-corrected chi connectivity index (χ4v) is 2.21. The topological polar surface area (TPSA) is 111 Å². The van der Waals surface area contributed by atoms with Gasteiger partial charge in [0.1, 0.15) is 11.3 Å². The monoisotopic (exact) mass is 267 g/mol. The number of rotatable bonds is 2. The molecule has 0 radical (unpaired) electrons. The number of nitrogen functional groups attached to an aromatic ring is 1. The van der Waals surface area contributed by atoms with Gasteiger partial charge in [0.05, 0.1) is 16.8 Å². The number of hydrogen-bond acceptors (Lipinski definition) is 4. The Kier molecular flexibility index (Phi) is 2.64. The first kappa shape index (κ1) is 12.2. The van der Waals surface area contributed by atoms with Gasteiger partial charge in [-0.15, -0.1) is 0 Å². The molecule has 20 heavy (non-hydrogen) atoms. The van der Waals surface area contributed by atoms with E-state index in [0.29, 0.717) is 28.2 Å². The van der Waals surface area contributed by atoms with Gasteiger partial charge >= 0.3 is 0 Å². The summed E-state index contributed by atoms with van der Waals surface area (Å²) >= 11 is 0. The third-order valence-corrected chi connectivity index (χ3v) is 3.15.